The van der Waals surface area contributed by atoms with E-state index in [1.807, 2.05) is 6.92 Å². The summed E-state index contributed by atoms with van der Waals surface area (Å²) in [4.78, 5) is 39.8. The zero-order valence-electron chi connectivity index (χ0n) is 16.1. The van der Waals surface area contributed by atoms with Gasteiger partial charge in [-0.05, 0) is 25.0 Å². The predicted octanol–water partition coefficient (Wildman–Crippen LogP) is 2.91. The van der Waals surface area contributed by atoms with Crippen LogP contribution in [0, 0.1) is 10.1 Å². The molecular weight excluding hydrogens is 398 g/mol. The average molecular weight is 420 g/mol. The Labute approximate surface area is 172 Å². The Morgan fingerprint density at radius 2 is 1.83 bits per heavy atom. The number of carbonyl (C=O) groups excluding carboxylic acids is 2. The maximum absolute atomic E-state index is 12.9. The molecule has 1 aromatic carbocycles. The van der Waals surface area contributed by atoms with E-state index in [4.69, 9.17) is 11.6 Å². The number of aryl methyl sites for hydroxylation is 1. The molecule has 1 N–H and O–H groups in total. The van der Waals surface area contributed by atoms with Gasteiger partial charge in [-0.15, -0.1) is 0 Å². The van der Waals surface area contributed by atoms with Crippen LogP contribution in [0.5, 0.6) is 0 Å². The lowest BCUT2D eigenvalue weighted by Crippen LogP contribution is -2.37. The van der Waals surface area contributed by atoms with Crippen LogP contribution in [-0.4, -0.2) is 62.9 Å². The Kier molecular flexibility index (Phi) is 6.48. The van der Waals surface area contributed by atoms with Crippen molar-refractivity contribution in [2.45, 2.75) is 26.2 Å². The van der Waals surface area contributed by atoms with Crippen LogP contribution in [0.4, 0.5) is 5.69 Å². The van der Waals surface area contributed by atoms with Crippen molar-refractivity contribution in [2.24, 2.45) is 0 Å². The van der Waals surface area contributed by atoms with Crippen molar-refractivity contribution in [3.8, 4) is 0 Å². The van der Waals surface area contributed by atoms with E-state index in [1.54, 1.807) is 29.2 Å². The standard InChI is InChI=1S/C19H22ClN5O4/c1-2-6-15-17(25(28)29)16(22-21-15)19(27)24-10-5-9-23(11-12-24)18(26)13-7-3-4-8-14(13)20/h3-4,7-8H,2,5-6,9-12H2,1H3,(H,21,22). The van der Waals surface area contributed by atoms with Crippen LogP contribution < -0.4 is 0 Å². The first kappa shape index (κ1) is 20.8. The van der Waals surface area contributed by atoms with Gasteiger partial charge in [0, 0.05) is 26.2 Å². The number of benzene rings is 1. The molecule has 0 unspecified atom stereocenters. The summed E-state index contributed by atoms with van der Waals surface area (Å²) in [5, 5.41) is 18.4. The maximum Gasteiger partial charge on any atom is 0.322 e. The zero-order chi connectivity index (χ0) is 21.0. The second-order valence-corrected chi connectivity index (χ2v) is 7.23. The first-order valence-corrected chi connectivity index (χ1v) is 9.86. The van der Waals surface area contributed by atoms with Gasteiger partial charge in [-0.3, -0.25) is 24.8 Å². The SMILES string of the molecule is CCCc1[nH]nc(C(=O)N2CCCN(C(=O)c3ccccc3Cl)CC2)c1[N+](=O)[O-]. The largest absolute Gasteiger partial charge is 0.337 e. The van der Waals surface area contributed by atoms with Gasteiger partial charge < -0.3 is 9.80 Å². The molecule has 10 heteroatoms. The van der Waals surface area contributed by atoms with Crippen LogP contribution in [0.15, 0.2) is 24.3 Å². The van der Waals surface area contributed by atoms with E-state index in [0.29, 0.717) is 55.2 Å². The number of H-pyrrole nitrogens is 1. The van der Waals surface area contributed by atoms with Crippen molar-refractivity contribution >= 4 is 29.1 Å². The van der Waals surface area contributed by atoms with Crippen molar-refractivity contribution in [2.75, 3.05) is 26.2 Å². The van der Waals surface area contributed by atoms with E-state index in [9.17, 15) is 19.7 Å². The molecule has 3 rings (SSSR count). The summed E-state index contributed by atoms with van der Waals surface area (Å²) in [6.45, 7) is 3.33. The normalized spacial score (nSPS) is 14.6. The Hall–Kier alpha value is -2.94. The van der Waals surface area contributed by atoms with Gasteiger partial charge in [0.1, 0.15) is 5.69 Å². The molecule has 0 spiro atoms. The lowest BCUT2D eigenvalue weighted by Gasteiger charge is -2.22. The van der Waals surface area contributed by atoms with Crippen molar-refractivity contribution in [3.63, 3.8) is 0 Å². The summed E-state index contributed by atoms with van der Waals surface area (Å²) in [6, 6.07) is 6.83. The lowest BCUT2D eigenvalue weighted by atomic mass is 10.2. The monoisotopic (exact) mass is 419 g/mol. The summed E-state index contributed by atoms with van der Waals surface area (Å²) in [6.07, 6.45) is 1.69. The molecule has 2 aromatic rings. The molecule has 1 saturated heterocycles. The molecular formula is C19H22ClN5O4. The molecule has 1 aliphatic heterocycles. The topological polar surface area (TPSA) is 112 Å². The molecule has 154 valence electrons. The van der Waals surface area contributed by atoms with Gasteiger partial charge in [0.05, 0.1) is 15.5 Å². The number of hydrogen-bond donors (Lipinski definition) is 1. The summed E-state index contributed by atoms with van der Waals surface area (Å²) in [5.74, 6) is -0.691. The van der Waals surface area contributed by atoms with Crippen molar-refractivity contribution < 1.29 is 14.5 Å². The number of amides is 2. The number of nitrogens with one attached hydrogen (secondary N) is 1. The van der Waals surface area contributed by atoms with Crippen LogP contribution in [0.25, 0.3) is 0 Å². The molecule has 2 heterocycles. The van der Waals surface area contributed by atoms with E-state index >= 15 is 0 Å². The third-order valence-electron chi connectivity index (χ3n) is 4.87. The number of aromatic amines is 1. The van der Waals surface area contributed by atoms with E-state index in [-0.39, 0.29) is 23.8 Å². The zero-order valence-corrected chi connectivity index (χ0v) is 16.8. The number of carbonyl (C=O) groups is 2. The molecule has 9 nitrogen and oxygen atoms in total. The third kappa shape index (κ3) is 4.40. The lowest BCUT2D eigenvalue weighted by molar-refractivity contribution is -0.385. The van der Waals surface area contributed by atoms with Gasteiger partial charge in [-0.1, -0.05) is 37.1 Å². The highest BCUT2D eigenvalue weighted by molar-refractivity contribution is 6.33. The van der Waals surface area contributed by atoms with Gasteiger partial charge in [0.2, 0.25) is 5.69 Å². The fourth-order valence-corrected chi connectivity index (χ4v) is 3.64. The van der Waals surface area contributed by atoms with Gasteiger partial charge in [-0.25, -0.2) is 0 Å². The first-order valence-electron chi connectivity index (χ1n) is 9.48. The number of rotatable bonds is 5. The molecule has 2 amide bonds. The number of halogens is 1. The van der Waals surface area contributed by atoms with E-state index < -0.39 is 10.8 Å². The number of hydrogen-bond acceptors (Lipinski definition) is 5. The molecule has 1 aromatic heterocycles. The van der Waals surface area contributed by atoms with Crippen LogP contribution in [0.1, 0.15) is 46.3 Å². The second-order valence-electron chi connectivity index (χ2n) is 6.82. The Bertz CT molecular complexity index is 929. The van der Waals surface area contributed by atoms with Gasteiger partial charge in [0.25, 0.3) is 11.8 Å². The molecule has 0 saturated carbocycles. The summed E-state index contributed by atoms with van der Waals surface area (Å²) >= 11 is 6.13. The minimum atomic E-state index is -0.563. The molecule has 0 aliphatic carbocycles. The fraction of sp³-hybridized carbons (Fsp3) is 0.421. The first-order chi connectivity index (χ1) is 13.9. The average Bonchev–Trinajstić information content (AvgIpc) is 2.96. The highest BCUT2D eigenvalue weighted by Gasteiger charge is 2.33. The highest BCUT2D eigenvalue weighted by atomic mass is 35.5. The van der Waals surface area contributed by atoms with E-state index in [0.717, 1.165) is 0 Å². The van der Waals surface area contributed by atoms with Crippen LogP contribution in [-0.2, 0) is 6.42 Å². The maximum atomic E-state index is 12.9. The Morgan fingerprint density at radius 1 is 1.17 bits per heavy atom. The van der Waals surface area contributed by atoms with E-state index in [1.165, 1.54) is 4.90 Å². The highest BCUT2D eigenvalue weighted by Crippen LogP contribution is 2.24. The molecule has 29 heavy (non-hydrogen) atoms. The second kappa shape index (κ2) is 9.04. The van der Waals surface area contributed by atoms with Gasteiger partial charge in [-0.2, -0.15) is 5.10 Å². The molecule has 1 fully saturated rings. The Morgan fingerprint density at radius 3 is 2.45 bits per heavy atom. The van der Waals surface area contributed by atoms with Crippen molar-refractivity contribution in [1.82, 2.24) is 20.0 Å². The minimum Gasteiger partial charge on any atom is -0.337 e. The van der Waals surface area contributed by atoms with Crippen LogP contribution in [0.2, 0.25) is 5.02 Å². The summed E-state index contributed by atoms with van der Waals surface area (Å²) in [5.41, 5.74) is 0.335. The van der Waals surface area contributed by atoms with Gasteiger partial charge in [0.15, 0.2) is 0 Å². The number of nitro groups is 1. The Balaban J connectivity index is 1.74. The fourth-order valence-electron chi connectivity index (χ4n) is 3.42. The van der Waals surface area contributed by atoms with Crippen molar-refractivity contribution in [1.29, 1.82) is 0 Å². The quantitative estimate of drug-likeness (QED) is 0.591. The van der Waals surface area contributed by atoms with Crippen LogP contribution in [0.3, 0.4) is 0 Å². The third-order valence-corrected chi connectivity index (χ3v) is 5.20. The molecule has 1 aliphatic rings. The predicted molar refractivity (Wildman–Crippen MR) is 107 cm³/mol. The number of nitrogens with zero attached hydrogens (tertiary/aromatic N) is 4. The smallest absolute Gasteiger partial charge is 0.322 e. The molecule has 0 atom stereocenters. The molecule has 0 bridgehead atoms. The number of aromatic nitrogens is 2. The molecule has 0 radical (unpaired) electrons. The minimum absolute atomic E-state index is 0.177. The summed E-state index contributed by atoms with van der Waals surface area (Å²) in [7, 11) is 0. The summed E-state index contributed by atoms with van der Waals surface area (Å²) < 4.78 is 0. The van der Waals surface area contributed by atoms with Crippen LogP contribution >= 0.6 is 11.6 Å². The van der Waals surface area contributed by atoms with E-state index in [2.05, 4.69) is 10.2 Å². The van der Waals surface area contributed by atoms with Gasteiger partial charge >= 0.3 is 5.69 Å². The van der Waals surface area contributed by atoms with Crippen molar-refractivity contribution in [3.05, 3.63) is 56.4 Å².